The van der Waals surface area contributed by atoms with Crippen molar-refractivity contribution in [3.05, 3.63) is 23.8 Å². The number of phenolic OH excluding ortho intramolecular Hbond substituents is 1. The van der Waals surface area contributed by atoms with Gasteiger partial charge in [0, 0.05) is 6.54 Å². The van der Waals surface area contributed by atoms with Crippen molar-refractivity contribution in [1.29, 1.82) is 0 Å². The summed E-state index contributed by atoms with van der Waals surface area (Å²) in [5, 5.41) is 12.9. The molecule has 0 aromatic heterocycles. The summed E-state index contributed by atoms with van der Waals surface area (Å²) in [7, 11) is 1.47. The Labute approximate surface area is 127 Å². The highest BCUT2D eigenvalue weighted by atomic mass is 16.5. The fourth-order valence-corrected chi connectivity index (χ4v) is 2.23. The van der Waals surface area contributed by atoms with Gasteiger partial charge >= 0.3 is 0 Å². The highest BCUT2D eigenvalue weighted by Gasteiger charge is 2.20. The second-order valence-corrected chi connectivity index (χ2v) is 6.16. The number of nitrogens with one attached hydrogen (secondary N) is 1. The number of carbonyl (C=O) groups is 1. The zero-order valence-electron chi connectivity index (χ0n) is 13.5. The van der Waals surface area contributed by atoms with Crippen molar-refractivity contribution in [2.75, 3.05) is 13.7 Å². The summed E-state index contributed by atoms with van der Waals surface area (Å²) in [5.41, 5.74) is 0.304. The van der Waals surface area contributed by atoms with Crippen LogP contribution < -0.4 is 10.1 Å². The van der Waals surface area contributed by atoms with Crippen LogP contribution >= 0.6 is 0 Å². The van der Waals surface area contributed by atoms with Crippen LogP contribution in [0.15, 0.2) is 18.2 Å². The Morgan fingerprint density at radius 1 is 1.33 bits per heavy atom. The summed E-state index contributed by atoms with van der Waals surface area (Å²) in [5.74, 6) is -0.0684. The van der Waals surface area contributed by atoms with E-state index in [1.807, 2.05) is 0 Å². The van der Waals surface area contributed by atoms with Gasteiger partial charge in [0.15, 0.2) is 11.5 Å². The second-order valence-electron chi connectivity index (χ2n) is 6.16. The number of hydrogen-bond donors (Lipinski definition) is 2. The number of rotatable bonds is 8. The number of ether oxygens (including phenoxy) is 1. The molecule has 21 heavy (non-hydrogen) atoms. The van der Waals surface area contributed by atoms with Gasteiger partial charge in [-0.05, 0) is 24.0 Å². The third kappa shape index (κ3) is 5.29. The highest BCUT2D eigenvalue weighted by molar-refractivity contribution is 5.97. The van der Waals surface area contributed by atoms with Gasteiger partial charge in [0.25, 0.3) is 5.91 Å². The van der Waals surface area contributed by atoms with Gasteiger partial charge in [-0.25, -0.2) is 0 Å². The van der Waals surface area contributed by atoms with Gasteiger partial charge in [0.1, 0.15) is 0 Å². The maximum atomic E-state index is 12.2. The van der Waals surface area contributed by atoms with Crippen molar-refractivity contribution >= 4 is 5.91 Å². The minimum absolute atomic E-state index is 0.0549. The van der Waals surface area contributed by atoms with Crippen LogP contribution in [0.2, 0.25) is 0 Å². The molecule has 0 aliphatic heterocycles. The lowest BCUT2D eigenvalue weighted by Crippen LogP contribution is -2.34. The molecule has 1 amide bonds. The summed E-state index contributed by atoms with van der Waals surface area (Å²) in [6, 6.07) is 4.91. The topological polar surface area (TPSA) is 58.6 Å². The molecule has 4 nitrogen and oxygen atoms in total. The van der Waals surface area contributed by atoms with Crippen LogP contribution in [0.4, 0.5) is 0 Å². The lowest BCUT2D eigenvalue weighted by molar-refractivity contribution is 0.0930. The fourth-order valence-electron chi connectivity index (χ4n) is 2.23. The standard InChI is InChI=1S/C17H27NO3/c1-5-6-7-11-17(2,3)12-18-16(20)13-9-8-10-14(21-4)15(13)19/h8-10,19H,5-7,11-12H2,1-4H3,(H,18,20). The smallest absolute Gasteiger partial charge is 0.255 e. The van der Waals surface area contributed by atoms with E-state index in [0.29, 0.717) is 12.3 Å². The molecule has 1 aromatic rings. The summed E-state index contributed by atoms with van der Waals surface area (Å²) >= 11 is 0. The summed E-state index contributed by atoms with van der Waals surface area (Å²) in [6.45, 7) is 7.06. The van der Waals surface area contributed by atoms with E-state index in [-0.39, 0.29) is 22.6 Å². The minimum Gasteiger partial charge on any atom is -0.504 e. The maximum Gasteiger partial charge on any atom is 0.255 e. The van der Waals surface area contributed by atoms with Gasteiger partial charge in [-0.2, -0.15) is 0 Å². The van der Waals surface area contributed by atoms with Gasteiger partial charge in [-0.1, -0.05) is 46.1 Å². The van der Waals surface area contributed by atoms with Gasteiger partial charge < -0.3 is 15.2 Å². The van der Waals surface area contributed by atoms with Crippen molar-refractivity contribution < 1.29 is 14.6 Å². The molecule has 0 spiro atoms. The molecular formula is C17H27NO3. The average molecular weight is 293 g/mol. The van der Waals surface area contributed by atoms with E-state index < -0.39 is 0 Å². The Bertz CT molecular complexity index is 469. The number of carbonyl (C=O) groups excluding carboxylic acids is 1. The Morgan fingerprint density at radius 3 is 2.67 bits per heavy atom. The van der Waals surface area contributed by atoms with Crippen LogP contribution in [0.5, 0.6) is 11.5 Å². The van der Waals surface area contributed by atoms with E-state index in [1.165, 1.54) is 26.4 Å². The molecule has 0 heterocycles. The van der Waals surface area contributed by atoms with E-state index >= 15 is 0 Å². The minimum atomic E-state index is -0.269. The molecule has 0 aliphatic rings. The van der Waals surface area contributed by atoms with Crippen molar-refractivity contribution in [3.8, 4) is 11.5 Å². The second kappa shape index (κ2) is 7.91. The van der Waals surface area contributed by atoms with Crippen LogP contribution in [0.25, 0.3) is 0 Å². The molecule has 1 rings (SSSR count). The quantitative estimate of drug-likeness (QED) is 0.718. The Kier molecular flexibility index (Phi) is 6.53. The predicted octanol–water partition coefficient (Wildman–Crippen LogP) is 3.74. The van der Waals surface area contributed by atoms with Crippen LogP contribution in [0.1, 0.15) is 56.8 Å². The lowest BCUT2D eigenvalue weighted by Gasteiger charge is -2.25. The molecule has 118 valence electrons. The molecule has 0 fully saturated rings. The van der Waals surface area contributed by atoms with E-state index in [9.17, 15) is 9.90 Å². The van der Waals surface area contributed by atoms with E-state index in [0.717, 1.165) is 6.42 Å². The lowest BCUT2D eigenvalue weighted by atomic mass is 9.87. The normalized spacial score (nSPS) is 11.2. The number of benzene rings is 1. The van der Waals surface area contributed by atoms with Crippen LogP contribution in [0, 0.1) is 5.41 Å². The third-order valence-corrected chi connectivity index (χ3v) is 3.65. The number of aromatic hydroxyl groups is 1. The zero-order chi connectivity index (χ0) is 15.9. The average Bonchev–Trinajstić information content (AvgIpc) is 2.45. The number of unbranched alkanes of at least 4 members (excludes halogenated alkanes) is 2. The van der Waals surface area contributed by atoms with Gasteiger partial charge in [-0.15, -0.1) is 0 Å². The van der Waals surface area contributed by atoms with Crippen molar-refractivity contribution in [2.45, 2.75) is 46.5 Å². The summed E-state index contributed by atoms with van der Waals surface area (Å²) in [4.78, 5) is 12.2. The number of methoxy groups -OCH3 is 1. The molecule has 1 aromatic carbocycles. The SMILES string of the molecule is CCCCCC(C)(C)CNC(=O)c1cccc(OC)c1O. The van der Waals surface area contributed by atoms with Crippen LogP contribution in [0.3, 0.4) is 0 Å². The molecule has 4 heteroatoms. The predicted molar refractivity (Wildman–Crippen MR) is 84.9 cm³/mol. The fraction of sp³-hybridized carbons (Fsp3) is 0.588. The molecule has 0 unspecified atom stereocenters. The first-order valence-corrected chi connectivity index (χ1v) is 7.55. The molecular weight excluding hydrogens is 266 g/mol. The third-order valence-electron chi connectivity index (χ3n) is 3.65. The van der Waals surface area contributed by atoms with Gasteiger partial charge in [0.05, 0.1) is 12.7 Å². The Hall–Kier alpha value is -1.71. The molecule has 0 bridgehead atoms. The molecule has 0 saturated heterocycles. The van der Waals surface area contributed by atoms with E-state index in [2.05, 4.69) is 26.1 Å². The summed E-state index contributed by atoms with van der Waals surface area (Å²) < 4.78 is 5.02. The van der Waals surface area contributed by atoms with Gasteiger partial charge in [-0.3, -0.25) is 4.79 Å². The Balaban J connectivity index is 2.61. The highest BCUT2D eigenvalue weighted by Crippen LogP contribution is 2.29. The molecule has 2 N–H and O–H groups in total. The number of amides is 1. The molecule has 0 radical (unpaired) electrons. The van der Waals surface area contributed by atoms with E-state index in [1.54, 1.807) is 18.2 Å². The van der Waals surface area contributed by atoms with Crippen LogP contribution in [-0.4, -0.2) is 24.7 Å². The van der Waals surface area contributed by atoms with Gasteiger partial charge in [0.2, 0.25) is 0 Å². The largest absolute Gasteiger partial charge is 0.504 e. The molecule has 0 aliphatic carbocycles. The van der Waals surface area contributed by atoms with Crippen LogP contribution in [-0.2, 0) is 0 Å². The van der Waals surface area contributed by atoms with Crippen molar-refractivity contribution in [2.24, 2.45) is 5.41 Å². The first-order chi connectivity index (χ1) is 9.91. The first kappa shape index (κ1) is 17.3. The number of para-hydroxylation sites is 1. The van der Waals surface area contributed by atoms with E-state index in [4.69, 9.17) is 4.74 Å². The Morgan fingerprint density at radius 2 is 2.05 bits per heavy atom. The monoisotopic (exact) mass is 293 g/mol. The zero-order valence-corrected chi connectivity index (χ0v) is 13.5. The van der Waals surface area contributed by atoms with Crippen molar-refractivity contribution in [1.82, 2.24) is 5.32 Å². The molecule has 0 saturated carbocycles. The molecule has 0 atom stereocenters. The number of phenols is 1. The first-order valence-electron chi connectivity index (χ1n) is 7.55. The van der Waals surface area contributed by atoms with Crippen molar-refractivity contribution in [3.63, 3.8) is 0 Å². The number of hydrogen-bond acceptors (Lipinski definition) is 3. The maximum absolute atomic E-state index is 12.2. The summed E-state index contributed by atoms with van der Waals surface area (Å²) in [6.07, 6.45) is 4.66.